The molecule has 1 fully saturated rings. The van der Waals surface area contributed by atoms with Crippen LogP contribution in [0.5, 0.6) is 23.0 Å². The largest absolute Gasteiger partial charge is 0.508 e. The normalized spacial score (nSPS) is 20.1. The lowest BCUT2D eigenvalue weighted by Crippen LogP contribution is -2.25. The summed E-state index contributed by atoms with van der Waals surface area (Å²) in [5, 5.41) is 20.2. The summed E-state index contributed by atoms with van der Waals surface area (Å²) in [7, 11) is 1.62. The Kier molecular flexibility index (Phi) is 6.63. The first-order chi connectivity index (χ1) is 16.6. The van der Waals surface area contributed by atoms with Gasteiger partial charge in [-0.25, -0.2) is 0 Å². The number of hydrogen-bond donors (Lipinski definition) is 2. The summed E-state index contributed by atoms with van der Waals surface area (Å²) in [5.41, 5.74) is 4.67. The highest BCUT2D eigenvalue weighted by Crippen LogP contribution is 2.50. The average molecular weight is 460 g/mol. The van der Waals surface area contributed by atoms with Crippen molar-refractivity contribution in [2.24, 2.45) is 0 Å². The molecule has 5 nitrogen and oxygen atoms in total. The van der Waals surface area contributed by atoms with Gasteiger partial charge in [0.05, 0.1) is 7.11 Å². The van der Waals surface area contributed by atoms with E-state index in [1.165, 1.54) is 42.6 Å². The molecule has 1 saturated heterocycles. The molecule has 5 rings (SSSR count). The Bertz CT molecular complexity index is 1100. The highest BCUT2D eigenvalue weighted by Gasteiger charge is 2.34. The Morgan fingerprint density at radius 1 is 0.882 bits per heavy atom. The Balaban J connectivity index is 1.43. The molecule has 0 bridgehead atoms. The van der Waals surface area contributed by atoms with Crippen molar-refractivity contribution in [1.29, 1.82) is 0 Å². The Morgan fingerprint density at radius 3 is 2.29 bits per heavy atom. The fourth-order valence-corrected chi connectivity index (χ4v) is 5.65. The summed E-state index contributed by atoms with van der Waals surface area (Å²) in [6, 6.07) is 19.8. The first-order valence-electron chi connectivity index (χ1n) is 12.3. The van der Waals surface area contributed by atoms with Gasteiger partial charge in [-0.1, -0.05) is 30.3 Å². The van der Waals surface area contributed by atoms with Crippen LogP contribution in [0.15, 0.2) is 60.7 Å². The number of hydrogen-bond acceptors (Lipinski definition) is 5. The van der Waals surface area contributed by atoms with Gasteiger partial charge >= 0.3 is 0 Å². The number of rotatable bonds is 7. The maximum Gasteiger partial charge on any atom is 0.163 e. The fraction of sp³-hybridized carbons (Fsp3) is 0.379. The molecule has 2 aliphatic rings. The summed E-state index contributed by atoms with van der Waals surface area (Å²) in [4.78, 5) is 2.46. The lowest BCUT2D eigenvalue weighted by atomic mass is 9.69. The average Bonchev–Trinajstić information content (AvgIpc) is 3.38. The van der Waals surface area contributed by atoms with Crippen LogP contribution in [0, 0.1) is 0 Å². The summed E-state index contributed by atoms with van der Waals surface area (Å²) < 4.78 is 11.6. The molecule has 5 heteroatoms. The summed E-state index contributed by atoms with van der Waals surface area (Å²) in [5.74, 6) is 2.30. The topological polar surface area (TPSA) is 62.2 Å². The molecule has 0 unspecified atom stereocenters. The molecule has 3 aromatic rings. The SMILES string of the molecule is COc1c(O)ccc2c1CC[C@H](c1ccc(O)cc1)[C@@H]2c1ccc(OCCN2CCCC2)cc1. The number of fused-ring (bicyclic) bond motifs is 1. The number of ether oxygens (including phenoxy) is 2. The molecule has 1 aliphatic carbocycles. The van der Waals surface area contributed by atoms with E-state index in [4.69, 9.17) is 9.47 Å². The van der Waals surface area contributed by atoms with Crippen LogP contribution in [0.1, 0.15) is 53.4 Å². The summed E-state index contributed by atoms with van der Waals surface area (Å²) in [6.07, 6.45) is 4.34. The van der Waals surface area contributed by atoms with E-state index in [9.17, 15) is 10.2 Å². The van der Waals surface area contributed by atoms with E-state index in [0.29, 0.717) is 12.4 Å². The van der Waals surface area contributed by atoms with Crippen molar-refractivity contribution in [1.82, 2.24) is 4.90 Å². The van der Waals surface area contributed by atoms with Gasteiger partial charge in [0, 0.05) is 18.0 Å². The summed E-state index contributed by atoms with van der Waals surface area (Å²) >= 11 is 0. The van der Waals surface area contributed by atoms with Crippen molar-refractivity contribution in [2.45, 2.75) is 37.5 Å². The van der Waals surface area contributed by atoms with Crippen LogP contribution in [0.4, 0.5) is 0 Å². The molecule has 0 spiro atoms. The van der Waals surface area contributed by atoms with E-state index in [0.717, 1.165) is 30.7 Å². The van der Waals surface area contributed by atoms with Gasteiger partial charge in [0.1, 0.15) is 18.1 Å². The van der Waals surface area contributed by atoms with Crippen molar-refractivity contribution in [3.8, 4) is 23.0 Å². The van der Waals surface area contributed by atoms with Crippen LogP contribution < -0.4 is 9.47 Å². The predicted octanol–water partition coefficient (Wildman–Crippen LogP) is 5.44. The predicted molar refractivity (Wildman–Crippen MR) is 133 cm³/mol. The number of methoxy groups -OCH3 is 1. The minimum absolute atomic E-state index is 0.112. The fourth-order valence-electron chi connectivity index (χ4n) is 5.65. The zero-order chi connectivity index (χ0) is 23.5. The number of likely N-dealkylation sites (tertiary alicyclic amines) is 1. The second-order valence-corrected chi connectivity index (χ2v) is 9.37. The van der Waals surface area contributed by atoms with Crippen LogP contribution in [0.3, 0.4) is 0 Å². The van der Waals surface area contributed by atoms with Crippen molar-refractivity contribution in [3.63, 3.8) is 0 Å². The molecule has 1 heterocycles. The molecule has 2 N–H and O–H groups in total. The number of phenolic OH excluding ortho intramolecular Hbond substituents is 2. The molecule has 1 aliphatic heterocycles. The third kappa shape index (κ3) is 4.58. The first kappa shape index (κ1) is 22.6. The summed E-state index contributed by atoms with van der Waals surface area (Å²) in [6.45, 7) is 4.05. The van der Waals surface area contributed by atoms with Crippen molar-refractivity contribution in [3.05, 3.63) is 82.9 Å². The van der Waals surface area contributed by atoms with Crippen LogP contribution in [-0.4, -0.2) is 48.5 Å². The quantitative estimate of drug-likeness (QED) is 0.492. The molecule has 178 valence electrons. The number of phenols is 2. The van der Waals surface area contributed by atoms with Crippen LogP contribution in [0.25, 0.3) is 0 Å². The van der Waals surface area contributed by atoms with E-state index < -0.39 is 0 Å². The maximum atomic E-state index is 10.4. The minimum Gasteiger partial charge on any atom is -0.508 e. The third-order valence-electron chi connectivity index (χ3n) is 7.36. The highest BCUT2D eigenvalue weighted by molar-refractivity contribution is 5.56. The molecule has 0 radical (unpaired) electrons. The molecule has 34 heavy (non-hydrogen) atoms. The Labute approximate surface area is 201 Å². The highest BCUT2D eigenvalue weighted by atomic mass is 16.5. The monoisotopic (exact) mass is 459 g/mol. The molecule has 0 aromatic heterocycles. The van der Waals surface area contributed by atoms with Gasteiger partial charge in [0.2, 0.25) is 0 Å². The van der Waals surface area contributed by atoms with Crippen molar-refractivity contribution >= 4 is 0 Å². The first-order valence-corrected chi connectivity index (χ1v) is 12.3. The molecule has 2 atom stereocenters. The van der Waals surface area contributed by atoms with Gasteiger partial charge in [-0.3, -0.25) is 4.90 Å². The molecular weight excluding hydrogens is 426 g/mol. The zero-order valence-electron chi connectivity index (χ0n) is 19.7. The standard InChI is InChI=1S/C29H33NO4/c1-33-29-26-13-12-24(20-4-8-22(31)9-5-20)28(25(26)14-15-27(29)32)21-6-10-23(11-7-21)34-19-18-30-16-2-3-17-30/h4-11,14-15,24,28,31-32H,2-3,12-13,16-19H2,1H3/t24-,28+/m1/s1. The van der Waals surface area contributed by atoms with Gasteiger partial charge in [0.25, 0.3) is 0 Å². The second-order valence-electron chi connectivity index (χ2n) is 9.37. The maximum absolute atomic E-state index is 10.4. The van der Waals surface area contributed by atoms with Gasteiger partial charge in [-0.05, 0) is 91.7 Å². The van der Waals surface area contributed by atoms with Crippen LogP contribution in [-0.2, 0) is 6.42 Å². The lowest BCUT2D eigenvalue weighted by molar-refractivity contribution is 0.237. The van der Waals surface area contributed by atoms with Crippen LogP contribution >= 0.6 is 0 Å². The minimum atomic E-state index is 0.112. The lowest BCUT2D eigenvalue weighted by Gasteiger charge is -2.35. The van der Waals surface area contributed by atoms with Gasteiger partial charge in [0.15, 0.2) is 11.5 Å². The molecule has 0 saturated carbocycles. The molecule has 3 aromatic carbocycles. The van der Waals surface area contributed by atoms with E-state index in [1.807, 2.05) is 18.2 Å². The Morgan fingerprint density at radius 2 is 1.59 bits per heavy atom. The van der Waals surface area contributed by atoms with Crippen molar-refractivity contribution in [2.75, 3.05) is 33.4 Å². The number of aromatic hydroxyl groups is 2. The van der Waals surface area contributed by atoms with E-state index in [1.54, 1.807) is 25.3 Å². The second kappa shape index (κ2) is 9.98. The number of benzene rings is 3. The van der Waals surface area contributed by atoms with E-state index in [2.05, 4.69) is 29.2 Å². The van der Waals surface area contributed by atoms with Crippen molar-refractivity contribution < 1.29 is 19.7 Å². The zero-order valence-corrected chi connectivity index (χ0v) is 19.7. The van der Waals surface area contributed by atoms with E-state index in [-0.39, 0.29) is 23.3 Å². The third-order valence-corrected chi connectivity index (χ3v) is 7.36. The van der Waals surface area contributed by atoms with E-state index >= 15 is 0 Å². The molecule has 0 amide bonds. The van der Waals surface area contributed by atoms with Gasteiger partial charge < -0.3 is 19.7 Å². The van der Waals surface area contributed by atoms with Gasteiger partial charge in [-0.15, -0.1) is 0 Å². The van der Waals surface area contributed by atoms with Gasteiger partial charge in [-0.2, -0.15) is 0 Å². The molecular formula is C29H33NO4. The Hall–Kier alpha value is -3.18. The number of nitrogens with zero attached hydrogens (tertiary/aromatic N) is 1. The van der Waals surface area contributed by atoms with Crippen LogP contribution in [0.2, 0.25) is 0 Å². The smallest absolute Gasteiger partial charge is 0.163 e.